The Morgan fingerprint density at radius 1 is 0.347 bits per heavy atom. The Kier molecular flexibility index (Phi) is 7.26. The molecule has 9 rings (SSSR count). The first-order valence-electron chi connectivity index (χ1n) is 16.1. The van der Waals surface area contributed by atoms with Gasteiger partial charge in [-0.15, -0.1) is 11.3 Å². The van der Waals surface area contributed by atoms with Crippen molar-refractivity contribution >= 4 is 31.5 Å². The largest absolute Gasteiger partial charge is 0.228 e. The van der Waals surface area contributed by atoms with Crippen LogP contribution >= 0.6 is 11.3 Å². The molecule has 0 saturated carbocycles. The normalized spacial score (nSPS) is 11.3. The first kappa shape index (κ1) is 28.8. The number of hydrogen-bond acceptors (Lipinski definition) is 6. The van der Waals surface area contributed by atoms with Gasteiger partial charge in [-0.05, 0) is 18.2 Å². The molecule has 0 unspecified atom stereocenters. The highest BCUT2D eigenvalue weighted by atomic mass is 32.1. The highest BCUT2D eigenvalue weighted by Crippen LogP contribution is 2.44. The van der Waals surface area contributed by atoms with Crippen molar-refractivity contribution in [2.24, 2.45) is 0 Å². The summed E-state index contributed by atoms with van der Waals surface area (Å²) >= 11 is 1.75. The van der Waals surface area contributed by atoms with Crippen LogP contribution in [0.5, 0.6) is 0 Å². The van der Waals surface area contributed by atoms with E-state index in [4.69, 9.17) is 24.9 Å². The van der Waals surface area contributed by atoms with Gasteiger partial charge in [0.25, 0.3) is 0 Å². The van der Waals surface area contributed by atoms with E-state index in [-0.39, 0.29) is 0 Å². The van der Waals surface area contributed by atoms with E-state index in [2.05, 4.69) is 66.7 Å². The van der Waals surface area contributed by atoms with E-state index in [0.717, 1.165) is 60.2 Å². The fourth-order valence-electron chi connectivity index (χ4n) is 6.22. The third-order valence-electron chi connectivity index (χ3n) is 8.57. The molecule has 0 N–H and O–H groups in total. The van der Waals surface area contributed by atoms with E-state index in [1.165, 1.54) is 4.70 Å². The summed E-state index contributed by atoms with van der Waals surface area (Å²) in [4.78, 5) is 25.2. The van der Waals surface area contributed by atoms with E-state index >= 15 is 0 Å². The van der Waals surface area contributed by atoms with Crippen molar-refractivity contribution in [2.75, 3.05) is 0 Å². The maximum absolute atomic E-state index is 5.17. The lowest BCUT2D eigenvalue weighted by Crippen LogP contribution is -2.00. The second-order valence-corrected chi connectivity index (χ2v) is 12.7. The van der Waals surface area contributed by atoms with Gasteiger partial charge in [-0.25, -0.2) is 24.9 Å². The number of fused-ring (bicyclic) bond motifs is 3. The highest BCUT2D eigenvalue weighted by molar-refractivity contribution is 7.26. The summed E-state index contributed by atoms with van der Waals surface area (Å²) in [5.74, 6) is 2.63. The molecule has 0 aliphatic carbocycles. The fourth-order valence-corrected chi connectivity index (χ4v) is 7.46. The molecule has 0 aliphatic rings. The molecule has 3 aromatic heterocycles. The minimum absolute atomic E-state index is 0.645. The molecule has 0 amide bonds. The van der Waals surface area contributed by atoms with E-state index in [1.807, 2.05) is 97.1 Å². The van der Waals surface area contributed by atoms with Crippen molar-refractivity contribution in [3.05, 3.63) is 164 Å². The Bertz CT molecular complexity index is 2470. The summed E-state index contributed by atoms with van der Waals surface area (Å²) in [6.45, 7) is 0. The summed E-state index contributed by atoms with van der Waals surface area (Å²) in [5.41, 5.74) is 7.70. The molecule has 0 spiro atoms. The number of benzene rings is 6. The zero-order valence-corrected chi connectivity index (χ0v) is 27.0. The van der Waals surface area contributed by atoms with Crippen LogP contribution in [0.4, 0.5) is 0 Å². The van der Waals surface area contributed by atoms with Crippen LogP contribution in [0.3, 0.4) is 0 Å². The van der Waals surface area contributed by atoms with Crippen LogP contribution in [0.15, 0.2) is 164 Å². The maximum atomic E-state index is 5.17. The van der Waals surface area contributed by atoms with Gasteiger partial charge in [-0.1, -0.05) is 146 Å². The van der Waals surface area contributed by atoms with Gasteiger partial charge in [0.1, 0.15) is 0 Å². The van der Waals surface area contributed by atoms with Gasteiger partial charge >= 0.3 is 0 Å². The first-order valence-corrected chi connectivity index (χ1v) is 16.9. The molecule has 49 heavy (non-hydrogen) atoms. The Hall–Kier alpha value is -6.37. The minimum Gasteiger partial charge on any atom is -0.228 e. The van der Waals surface area contributed by atoms with E-state index < -0.39 is 0 Å². The van der Waals surface area contributed by atoms with Gasteiger partial charge < -0.3 is 0 Å². The molecule has 6 aromatic carbocycles. The molecule has 3 heterocycles. The SMILES string of the molecule is c1ccc(-c2cc(-c3cccc4sc5c(-c6nc(-c7ccccc7)nc(-c7ccccc7)n6)cccc5c34)nc(-c3ccccc3)n2)cc1. The predicted molar refractivity (Wildman–Crippen MR) is 201 cm³/mol. The standard InChI is InChI=1S/C43H27N5S/c1-5-15-28(16-6-1)35-27-36(45-40(44-35)29-17-7-2-8-18-29)32-23-14-26-37-38(32)33-24-13-25-34(39(33)49-37)43-47-41(30-19-9-3-10-20-30)46-42(48-43)31-21-11-4-12-22-31/h1-27H. The predicted octanol–water partition coefficient (Wildman–Crippen LogP) is 11.0. The summed E-state index contributed by atoms with van der Waals surface area (Å²) in [6, 6.07) is 55.6. The van der Waals surface area contributed by atoms with E-state index in [0.29, 0.717) is 23.3 Å². The monoisotopic (exact) mass is 645 g/mol. The van der Waals surface area contributed by atoms with Crippen LogP contribution in [0, 0.1) is 0 Å². The Morgan fingerprint density at radius 3 is 1.41 bits per heavy atom. The molecule has 0 aliphatic heterocycles. The molecular weight excluding hydrogens is 619 g/mol. The summed E-state index contributed by atoms with van der Waals surface area (Å²) in [7, 11) is 0. The molecular formula is C43H27N5S. The van der Waals surface area contributed by atoms with Gasteiger partial charge in [-0.2, -0.15) is 0 Å². The third kappa shape index (κ3) is 5.44. The van der Waals surface area contributed by atoms with Crippen molar-refractivity contribution in [1.82, 2.24) is 24.9 Å². The number of thiophene rings is 1. The second-order valence-electron chi connectivity index (χ2n) is 11.7. The zero-order chi connectivity index (χ0) is 32.6. The van der Waals surface area contributed by atoms with Gasteiger partial charge in [0.2, 0.25) is 0 Å². The molecule has 9 aromatic rings. The number of rotatable bonds is 6. The van der Waals surface area contributed by atoms with Gasteiger partial charge in [-0.3, -0.25) is 0 Å². The average Bonchev–Trinajstić information content (AvgIpc) is 3.58. The summed E-state index contributed by atoms with van der Waals surface area (Å²) in [6.07, 6.45) is 0. The van der Waals surface area contributed by atoms with Crippen LogP contribution in [0.2, 0.25) is 0 Å². The van der Waals surface area contributed by atoms with Gasteiger partial charge in [0, 0.05) is 53.6 Å². The first-order chi connectivity index (χ1) is 24.3. The molecule has 0 radical (unpaired) electrons. The Morgan fingerprint density at radius 2 is 0.816 bits per heavy atom. The van der Waals surface area contributed by atoms with Gasteiger partial charge in [0.05, 0.1) is 11.4 Å². The quantitative estimate of drug-likeness (QED) is 0.180. The Balaban J connectivity index is 1.26. The van der Waals surface area contributed by atoms with Crippen LogP contribution in [0.1, 0.15) is 0 Å². The highest BCUT2D eigenvalue weighted by Gasteiger charge is 2.19. The van der Waals surface area contributed by atoms with Crippen LogP contribution < -0.4 is 0 Å². The van der Waals surface area contributed by atoms with Crippen LogP contribution in [-0.4, -0.2) is 24.9 Å². The smallest absolute Gasteiger partial charge is 0.165 e. The van der Waals surface area contributed by atoms with Crippen molar-refractivity contribution in [3.8, 4) is 68.1 Å². The minimum atomic E-state index is 0.645. The molecule has 0 atom stereocenters. The molecule has 5 nitrogen and oxygen atoms in total. The molecule has 0 fully saturated rings. The van der Waals surface area contributed by atoms with Crippen LogP contribution in [-0.2, 0) is 0 Å². The van der Waals surface area contributed by atoms with Gasteiger partial charge in [0.15, 0.2) is 23.3 Å². The topological polar surface area (TPSA) is 64.5 Å². The molecule has 0 bridgehead atoms. The Labute approximate surface area is 287 Å². The van der Waals surface area contributed by atoms with E-state index in [9.17, 15) is 0 Å². The number of hydrogen-bond donors (Lipinski definition) is 0. The van der Waals surface area contributed by atoms with E-state index in [1.54, 1.807) is 11.3 Å². The van der Waals surface area contributed by atoms with Crippen molar-refractivity contribution in [3.63, 3.8) is 0 Å². The third-order valence-corrected chi connectivity index (χ3v) is 9.77. The lowest BCUT2D eigenvalue weighted by Gasteiger charge is -2.11. The van der Waals surface area contributed by atoms with Crippen molar-refractivity contribution in [2.45, 2.75) is 0 Å². The van der Waals surface area contributed by atoms with Crippen LogP contribution in [0.25, 0.3) is 88.2 Å². The van der Waals surface area contributed by atoms with Crippen molar-refractivity contribution in [1.29, 1.82) is 0 Å². The zero-order valence-electron chi connectivity index (χ0n) is 26.2. The molecule has 6 heteroatoms. The molecule has 0 saturated heterocycles. The lowest BCUT2D eigenvalue weighted by atomic mass is 10.0. The number of nitrogens with zero attached hydrogens (tertiary/aromatic N) is 5. The lowest BCUT2D eigenvalue weighted by molar-refractivity contribution is 1.08. The maximum Gasteiger partial charge on any atom is 0.165 e. The number of aromatic nitrogens is 5. The summed E-state index contributed by atoms with van der Waals surface area (Å²) in [5, 5.41) is 2.29. The second kappa shape index (κ2) is 12.3. The van der Waals surface area contributed by atoms with Crippen molar-refractivity contribution < 1.29 is 0 Å². The summed E-state index contributed by atoms with van der Waals surface area (Å²) < 4.78 is 2.29. The fraction of sp³-hybridized carbons (Fsp3) is 0. The average molecular weight is 646 g/mol. The molecule has 230 valence electrons.